The predicted octanol–water partition coefficient (Wildman–Crippen LogP) is 4.66. The highest BCUT2D eigenvalue weighted by Crippen LogP contribution is 2.39. The number of amides is 2. The van der Waals surface area contributed by atoms with Crippen LogP contribution in [0.4, 0.5) is 4.79 Å². The van der Waals surface area contributed by atoms with Crippen molar-refractivity contribution in [1.29, 1.82) is 0 Å². The van der Waals surface area contributed by atoms with E-state index in [0.717, 1.165) is 38.5 Å². The summed E-state index contributed by atoms with van der Waals surface area (Å²) in [7, 11) is 1.44. The van der Waals surface area contributed by atoms with E-state index in [1.807, 2.05) is 0 Å². The van der Waals surface area contributed by atoms with Crippen molar-refractivity contribution in [3.05, 3.63) is 22.2 Å². The molecule has 0 radical (unpaired) electrons. The molecule has 0 saturated heterocycles. The van der Waals surface area contributed by atoms with Crippen LogP contribution in [0.3, 0.4) is 0 Å². The lowest BCUT2D eigenvalue weighted by molar-refractivity contribution is -0.153. The lowest BCUT2D eigenvalue weighted by Crippen LogP contribution is -2.45. The number of hydrogen-bond acceptors (Lipinski definition) is 5. The maximum absolute atomic E-state index is 13.1. The van der Waals surface area contributed by atoms with Gasteiger partial charge in [-0.1, -0.05) is 19.3 Å². The fourth-order valence-corrected chi connectivity index (χ4v) is 4.46. The molecule has 29 heavy (non-hydrogen) atoms. The molecule has 1 aliphatic heterocycles. The van der Waals surface area contributed by atoms with Crippen molar-refractivity contribution in [1.82, 2.24) is 5.32 Å². The van der Waals surface area contributed by atoms with Crippen molar-refractivity contribution in [2.75, 3.05) is 7.11 Å². The minimum atomic E-state index is -0.737. The Morgan fingerprint density at radius 1 is 1.21 bits per heavy atom. The maximum Gasteiger partial charge on any atom is 0.341 e. The van der Waals surface area contributed by atoms with Crippen LogP contribution in [-0.4, -0.2) is 36.0 Å². The van der Waals surface area contributed by atoms with E-state index in [1.165, 1.54) is 13.5 Å². The molecule has 2 N–H and O–H groups in total. The molecule has 3 rings (SSSR count). The first-order valence-corrected chi connectivity index (χ1v) is 10.8. The van der Waals surface area contributed by atoms with Gasteiger partial charge in [-0.3, -0.25) is 4.79 Å². The first kappa shape index (κ1) is 21.6. The van der Waals surface area contributed by atoms with Gasteiger partial charge in [0.2, 0.25) is 0 Å². The number of rotatable bonds is 4. The van der Waals surface area contributed by atoms with Gasteiger partial charge in [-0.05, 0) is 66.2 Å². The van der Waals surface area contributed by atoms with Crippen molar-refractivity contribution >= 4 is 33.6 Å². The second kappa shape index (κ2) is 9.61. The lowest BCUT2D eigenvalue weighted by Gasteiger charge is -2.31. The molecule has 0 spiro atoms. The van der Waals surface area contributed by atoms with Crippen LogP contribution in [0.15, 0.2) is 21.6 Å². The second-order valence-corrected chi connectivity index (χ2v) is 8.47. The van der Waals surface area contributed by atoms with E-state index in [9.17, 15) is 14.7 Å². The van der Waals surface area contributed by atoms with Crippen molar-refractivity contribution in [3.8, 4) is 11.5 Å². The molecular weight excluding hydrogens is 440 g/mol. The normalized spacial score (nSPS) is 23.4. The van der Waals surface area contributed by atoms with Crippen LogP contribution in [0.5, 0.6) is 11.5 Å². The average Bonchev–Trinajstić information content (AvgIpc) is 2.65. The molecule has 1 aromatic rings. The van der Waals surface area contributed by atoms with E-state index in [1.54, 1.807) is 19.1 Å². The molecule has 0 bridgehead atoms. The highest BCUT2D eigenvalue weighted by molar-refractivity contribution is 9.10. The number of aromatic hydroxyl groups is 1. The van der Waals surface area contributed by atoms with E-state index in [4.69, 9.17) is 9.47 Å². The minimum Gasteiger partial charge on any atom is -0.503 e. The molecule has 2 atom stereocenters. The van der Waals surface area contributed by atoms with Gasteiger partial charge in [0.15, 0.2) is 11.5 Å². The molecule has 0 aromatic heterocycles. The third-order valence-electron chi connectivity index (χ3n) is 5.56. The topological polar surface area (TPSA) is 97.2 Å². The van der Waals surface area contributed by atoms with Gasteiger partial charge in [-0.25, -0.2) is 9.79 Å². The van der Waals surface area contributed by atoms with E-state index in [-0.39, 0.29) is 23.6 Å². The van der Waals surface area contributed by atoms with Gasteiger partial charge in [0.25, 0.3) is 0 Å². The zero-order valence-electron chi connectivity index (χ0n) is 16.7. The summed E-state index contributed by atoms with van der Waals surface area (Å²) in [6.07, 6.45) is 7.30. The van der Waals surface area contributed by atoms with Gasteiger partial charge in [-0.15, -0.1) is 0 Å². The minimum absolute atomic E-state index is 0.0441. The van der Waals surface area contributed by atoms with Gasteiger partial charge >= 0.3 is 12.0 Å². The third kappa shape index (κ3) is 5.10. The summed E-state index contributed by atoms with van der Waals surface area (Å²) in [5.74, 6) is -0.919. The number of halogens is 1. The highest BCUT2D eigenvalue weighted by Gasteiger charge is 2.39. The Bertz CT molecular complexity index is 803. The van der Waals surface area contributed by atoms with Crippen molar-refractivity contribution in [3.63, 3.8) is 0 Å². The van der Waals surface area contributed by atoms with Gasteiger partial charge in [0.05, 0.1) is 17.6 Å². The summed E-state index contributed by atoms with van der Waals surface area (Å²) in [4.78, 5) is 29.1. The number of urea groups is 1. The number of nitrogens with one attached hydrogen (secondary N) is 1. The summed E-state index contributed by atoms with van der Waals surface area (Å²) in [6.45, 7) is 1.67. The van der Waals surface area contributed by atoms with E-state index >= 15 is 0 Å². The molecular formula is C21H27BrN2O5. The SMILES string of the molecule is COc1cc(C2NC(=O)N=C(C)C2C(=O)OC2CCCCCCC2)cc(Br)c1O. The number of carbonyl (C=O) groups excluding carboxylic acids is 2. The summed E-state index contributed by atoms with van der Waals surface area (Å²) in [5, 5.41) is 12.9. The molecule has 7 nitrogen and oxygen atoms in total. The second-order valence-electron chi connectivity index (χ2n) is 7.62. The Labute approximate surface area is 179 Å². The quantitative estimate of drug-likeness (QED) is 0.628. The predicted molar refractivity (Wildman–Crippen MR) is 112 cm³/mol. The van der Waals surface area contributed by atoms with Gasteiger partial charge in [-0.2, -0.15) is 0 Å². The summed E-state index contributed by atoms with van der Waals surface area (Å²) in [5.41, 5.74) is 1.03. The zero-order valence-corrected chi connectivity index (χ0v) is 18.3. The lowest BCUT2D eigenvalue weighted by atomic mass is 9.88. The molecule has 1 aliphatic carbocycles. The maximum atomic E-state index is 13.1. The standard InChI is InChI=1S/C21H27BrN2O5/c1-12-17(20(26)29-14-8-6-4-3-5-7-9-14)18(24-21(27)23-12)13-10-15(22)19(25)16(11-13)28-2/h10-11,14,17-18,25H,3-9H2,1-2H3,(H,24,27). The number of esters is 1. The number of hydrogen-bond donors (Lipinski definition) is 2. The molecule has 2 amide bonds. The Balaban J connectivity index is 1.87. The van der Waals surface area contributed by atoms with Gasteiger partial charge in [0, 0.05) is 5.71 Å². The van der Waals surface area contributed by atoms with Crippen LogP contribution in [0.2, 0.25) is 0 Å². The number of phenols is 1. The Morgan fingerprint density at radius 2 is 1.86 bits per heavy atom. The number of carbonyl (C=O) groups is 2. The van der Waals surface area contributed by atoms with Crippen LogP contribution in [0.1, 0.15) is 63.5 Å². The Morgan fingerprint density at radius 3 is 2.52 bits per heavy atom. The molecule has 158 valence electrons. The molecule has 1 heterocycles. The van der Waals surface area contributed by atoms with Crippen molar-refractivity contribution in [2.24, 2.45) is 10.9 Å². The summed E-state index contributed by atoms with van der Waals surface area (Å²) in [6, 6.07) is 2.11. The van der Waals surface area contributed by atoms with Crippen LogP contribution in [0, 0.1) is 5.92 Å². The van der Waals surface area contributed by atoms with Crippen LogP contribution >= 0.6 is 15.9 Å². The number of nitrogens with zero attached hydrogens (tertiary/aromatic N) is 1. The number of phenolic OH excluding ortho intramolecular Hbond substituents is 1. The Hall–Kier alpha value is -2.09. The van der Waals surface area contributed by atoms with Crippen LogP contribution in [-0.2, 0) is 9.53 Å². The number of benzene rings is 1. The summed E-state index contributed by atoms with van der Waals surface area (Å²) < 4.78 is 11.5. The van der Waals surface area contributed by atoms with Crippen LogP contribution < -0.4 is 10.1 Å². The van der Waals surface area contributed by atoms with E-state index in [2.05, 4.69) is 26.2 Å². The fraction of sp³-hybridized carbons (Fsp3) is 0.571. The Kier molecular flexibility index (Phi) is 7.16. The smallest absolute Gasteiger partial charge is 0.341 e. The van der Waals surface area contributed by atoms with Gasteiger partial charge < -0.3 is 19.9 Å². The number of aliphatic imine (C=N–C) groups is 1. The van der Waals surface area contributed by atoms with Crippen LogP contribution in [0.25, 0.3) is 0 Å². The molecule has 2 unspecified atom stereocenters. The number of ether oxygens (including phenoxy) is 2. The molecule has 1 aromatic carbocycles. The largest absolute Gasteiger partial charge is 0.503 e. The van der Waals surface area contributed by atoms with E-state index in [0.29, 0.717) is 15.7 Å². The fourth-order valence-electron chi connectivity index (χ4n) is 4.01. The summed E-state index contributed by atoms with van der Waals surface area (Å²) >= 11 is 3.30. The monoisotopic (exact) mass is 466 g/mol. The molecule has 8 heteroatoms. The number of methoxy groups -OCH3 is 1. The zero-order chi connectivity index (χ0) is 21.0. The molecule has 1 saturated carbocycles. The van der Waals surface area contributed by atoms with Gasteiger partial charge in [0.1, 0.15) is 12.0 Å². The third-order valence-corrected chi connectivity index (χ3v) is 6.16. The highest BCUT2D eigenvalue weighted by atomic mass is 79.9. The first-order chi connectivity index (χ1) is 13.9. The average molecular weight is 467 g/mol. The van der Waals surface area contributed by atoms with Crippen molar-refractivity contribution in [2.45, 2.75) is 64.0 Å². The molecule has 2 aliphatic rings. The molecule has 1 fully saturated rings. The van der Waals surface area contributed by atoms with E-state index < -0.39 is 18.0 Å². The van der Waals surface area contributed by atoms with Crippen molar-refractivity contribution < 1.29 is 24.2 Å². The first-order valence-electron chi connectivity index (χ1n) is 10.0.